The maximum Gasteiger partial charge on any atom is 0.247 e. The van der Waals surface area contributed by atoms with E-state index in [1.54, 1.807) is 29.5 Å². The highest BCUT2D eigenvalue weighted by Gasteiger charge is 2.15. The van der Waals surface area contributed by atoms with Crippen LogP contribution in [0.15, 0.2) is 37.1 Å². The molecule has 1 N–H and O–H groups in total. The predicted octanol–water partition coefficient (Wildman–Crippen LogP) is 2.47. The maximum atomic E-state index is 12.2. The number of carbonyl (C=O) groups is 1. The summed E-state index contributed by atoms with van der Waals surface area (Å²) >= 11 is 0. The van der Waals surface area contributed by atoms with Gasteiger partial charge in [-0.2, -0.15) is 0 Å². The number of nitrogens with zero attached hydrogens (tertiary/aromatic N) is 4. The molecule has 1 atom stereocenters. The van der Waals surface area contributed by atoms with Gasteiger partial charge in [0.25, 0.3) is 0 Å². The standard InChI is InChI=1S/C16H21N5O/c1-13(21-10-7-17-12-21)16(22)19-14-5-6-15(18-11-14)20-8-3-2-4-9-20/h5-7,10-13H,2-4,8-9H2,1H3,(H,19,22)/t13-/m1/s1. The van der Waals surface area contributed by atoms with Crippen LogP contribution in [0.5, 0.6) is 0 Å². The minimum atomic E-state index is -0.302. The zero-order chi connectivity index (χ0) is 15.4. The summed E-state index contributed by atoms with van der Waals surface area (Å²) in [4.78, 5) is 22.9. The van der Waals surface area contributed by atoms with E-state index in [1.165, 1.54) is 19.3 Å². The number of pyridine rings is 1. The van der Waals surface area contributed by atoms with E-state index in [2.05, 4.69) is 20.2 Å². The van der Waals surface area contributed by atoms with Crippen molar-refractivity contribution >= 4 is 17.4 Å². The van der Waals surface area contributed by atoms with Crippen molar-refractivity contribution in [1.29, 1.82) is 0 Å². The third kappa shape index (κ3) is 3.27. The molecule has 0 aromatic carbocycles. The molecule has 1 aliphatic rings. The Morgan fingerprint density at radius 2 is 2.09 bits per heavy atom. The van der Waals surface area contributed by atoms with Gasteiger partial charge >= 0.3 is 0 Å². The molecule has 0 saturated carbocycles. The average Bonchev–Trinajstić information content (AvgIpc) is 3.10. The fraction of sp³-hybridized carbons (Fsp3) is 0.438. The Balaban J connectivity index is 1.62. The lowest BCUT2D eigenvalue weighted by atomic mass is 10.1. The molecule has 0 bridgehead atoms. The second kappa shape index (κ2) is 6.60. The number of hydrogen-bond donors (Lipinski definition) is 1. The molecule has 0 aliphatic carbocycles. The van der Waals surface area contributed by atoms with Crippen LogP contribution in [0.4, 0.5) is 11.5 Å². The van der Waals surface area contributed by atoms with E-state index in [0.29, 0.717) is 0 Å². The topological polar surface area (TPSA) is 63.1 Å². The van der Waals surface area contributed by atoms with Gasteiger partial charge in [-0.3, -0.25) is 4.79 Å². The molecule has 0 spiro atoms. The molecule has 3 heterocycles. The molecular formula is C16H21N5O. The Morgan fingerprint density at radius 3 is 2.73 bits per heavy atom. The van der Waals surface area contributed by atoms with E-state index < -0.39 is 0 Å². The lowest BCUT2D eigenvalue weighted by Crippen LogP contribution is -2.30. The average molecular weight is 299 g/mol. The molecular weight excluding hydrogens is 278 g/mol. The van der Waals surface area contributed by atoms with Crippen LogP contribution in [-0.2, 0) is 4.79 Å². The Morgan fingerprint density at radius 1 is 1.27 bits per heavy atom. The highest BCUT2D eigenvalue weighted by molar-refractivity contribution is 5.93. The van der Waals surface area contributed by atoms with Gasteiger partial charge in [-0.1, -0.05) is 0 Å². The third-order valence-corrected chi connectivity index (χ3v) is 4.05. The molecule has 0 radical (unpaired) electrons. The van der Waals surface area contributed by atoms with Crippen molar-refractivity contribution in [2.75, 3.05) is 23.3 Å². The van der Waals surface area contributed by atoms with Gasteiger partial charge in [-0.05, 0) is 38.3 Å². The minimum Gasteiger partial charge on any atom is -0.357 e. The number of nitrogens with one attached hydrogen (secondary N) is 1. The lowest BCUT2D eigenvalue weighted by molar-refractivity contribution is -0.118. The van der Waals surface area contributed by atoms with Crippen molar-refractivity contribution in [3.05, 3.63) is 37.1 Å². The van der Waals surface area contributed by atoms with Crippen LogP contribution < -0.4 is 10.2 Å². The number of hydrogen-bond acceptors (Lipinski definition) is 4. The van der Waals surface area contributed by atoms with Crippen molar-refractivity contribution in [2.24, 2.45) is 0 Å². The molecule has 22 heavy (non-hydrogen) atoms. The maximum absolute atomic E-state index is 12.2. The van der Waals surface area contributed by atoms with Gasteiger partial charge in [-0.15, -0.1) is 0 Å². The van der Waals surface area contributed by atoms with Gasteiger partial charge < -0.3 is 14.8 Å². The fourth-order valence-corrected chi connectivity index (χ4v) is 2.65. The molecule has 1 saturated heterocycles. The zero-order valence-corrected chi connectivity index (χ0v) is 12.8. The van der Waals surface area contributed by atoms with E-state index in [1.807, 2.05) is 19.1 Å². The number of rotatable bonds is 4. The highest BCUT2D eigenvalue weighted by Crippen LogP contribution is 2.19. The molecule has 1 amide bonds. The summed E-state index contributed by atoms with van der Waals surface area (Å²) in [5, 5.41) is 2.89. The van der Waals surface area contributed by atoms with Crippen LogP contribution in [0.1, 0.15) is 32.2 Å². The Kier molecular flexibility index (Phi) is 4.37. The van der Waals surface area contributed by atoms with Gasteiger partial charge in [0.05, 0.1) is 18.2 Å². The van der Waals surface area contributed by atoms with Crippen LogP contribution in [-0.4, -0.2) is 33.5 Å². The first-order chi connectivity index (χ1) is 10.7. The first kappa shape index (κ1) is 14.6. The van der Waals surface area contributed by atoms with Crippen LogP contribution in [0, 0.1) is 0 Å². The minimum absolute atomic E-state index is 0.0782. The van der Waals surface area contributed by atoms with Crippen molar-refractivity contribution in [2.45, 2.75) is 32.2 Å². The molecule has 116 valence electrons. The van der Waals surface area contributed by atoms with Gasteiger partial charge in [0.15, 0.2) is 0 Å². The molecule has 1 fully saturated rings. The van der Waals surface area contributed by atoms with E-state index in [0.717, 1.165) is 24.6 Å². The quantitative estimate of drug-likeness (QED) is 0.942. The third-order valence-electron chi connectivity index (χ3n) is 4.05. The van der Waals surface area contributed by atoms with Crippen LogP contribution in [0.2, 0.25) is 0 Å². The van der Waals surface area contributed by atoms with E-state index >= 15 is 0 Å². The number of anilines is 2. The smallest absolute Gasteiger partial charge is 0.247 e. The molecule has 2 aromatic heterocycles. The summed E-state index contributed by atoms with van der Waals surface area (Å²) < 4.78 is 1.77. The Bertz CT molecular complexity index is 602. The molecule has 6 heteroatoms. The summed E-state index contributed by atoms with van der Waals surface area (Å²) in [5.41, 5.74) is 0.720. The van der Waals surface area contributed by atoms with Crippen LogP contribution in [0.3, 0.4) is 0 Å². The van der Waals surface area contributed by atoms with E-state index in [4.69, 9.17) is 0 Å². The Hall–Kier alpha value is -2.37. The van der Waals surface area contributed by atoms with Crippen LogP contribution >= 0.6 is 0 Å². The molecule has 6 nitrogen and oxygen atoms in total. The summed E-state index contributed by atoms with van der Waals surface area (Å²) in [7, 11) is 0. The summed E-state index contributed by atoms with van der Waals surface area (Å²) in [6.45, 7) is 3.97. The van der Waals surface area contributed by atoms with Gasteiger partial charge in [-0.25, -0.2) is 9.97 Å². The van der Waals surface area contributed by atoms with Gasteiger partial charge in [0.2, 0.25) is 5.91 Å². The lowest BCUT2D eigenvalue weighted by Gasteiger charge is -2.27. The summed E-state index contributed by atoms with van der Waals surface area (Å²) in [6, 6.07) is 3.59. The summed E-state index contributed by atoms with van der Waals surface area (Å²) in [5.74, 6) is 0.908. The number of carbonyl (C=O) groups excluding carboxylic acids is 1. The zero-order valence-electron chi connectivity index (χ0n) is 12.8. The second-order valence-electron chi connectivity index (χ2n) is 5.63. The SMILES string of the molecule is C[C@H](C(=O)Nc1ccc(N2CCCCC2)nc1)n1ccnc1. The molecule has 1 aliphatic heterocycles. The first-order valence-corrected chi connectivity index (χ1v) is 7.73. The highest BCUT2D eigenvalue weighted by atomic mass is 16.2. The second-order valence-corrected chi connectivity index (χ2v) is 5.63. The number of piperidine rings is 1. The van der Waals surface area contributed by atoms with Crippen molar-refractivity contribution in [1.82, 2.24) is 14.5 Å². The number of aromatic nitrogens is 3. The Labute approximate surface area is 130 Å². The van der Waals surface area contributed by atoms with Crippen molar-refractivity contribution < 1.29 is 4.79 Å². The predicted molar refractivity (Wildman–Crippen MR) is 85.9 cm³/mol. The van der Waals surface area contributed by atoms with Crippen molar-refractivity contribution in [3.63, 3.8) is 0 Å². The van der Waals surface area contributed by atoms with Crippen molar-refractivity contribution in [3.8, 4) is 0 Å². The molecule has 0 unspecified atom stereocenters. The monoisotopic (exact) mass is 299 g/mol. The normalized spacial score (nSPS) is 16.3. The van der Waals surface area contributed by atoms with Gasteiger partial charge in [0, 0.05) is 25.5 Å². The number of imidazole rings is 1. The molecule has 2 aromatic rings. The van der Waals surface area contributed by atoms with Gasteiger partial charge in [0.1, 0.15) is 11.9 Å². The fourth-order valence-electron chi connectivity index (χ4n) is 2.65. The number of amides is 1. The van der Waals surface area contributed by atoms with E-state index in [9.17, 15) is 4.79 Å². The summed E-state index contributed by atoms with van der Waals surface area (Å²) in [6.07, 6.45) is 10.6. The largest absolute Gasteiger partial charge is 0.357 e. The van der Waals surface area contributed by atoms with E-state index in [-0.39, 0.29) is 11.9 Å². The first-order valence-electron chi connectivity index (χ1n) is 7.73. The molecule has 3 rings (SSSR count). The van der Waals surface area contributed by atoms with Crippen LogP contribution in [0.25, 0.3) is 0 Å².